The Morgan fingerprint density at radius 2 is 2.33 bits per heavy atom. The van der Waals surface area contributed by atoms with Crippen LogP contribution in [0, 0.1) is 0 Å². The predicted octanol–water partition coefficient (Wildman–Crippen LogP) is -0.559. The van der Waals surface area contributed by atoms with Gasteiger partial charge in [0.1, 0.15) is 0 Å². The zero-order valence-electron chi connectivity index (χ0n) is 4.91. The molecule has 0 radical (unpaired) electrons. The highest BCUT2D eigenvalue weighted by Gasteiger charge is 1.90. The van der Waals surface area contributed by atoms with Gasteiger partial charge in [-0.25, -0.2) is 0 Å². The van der Waals surface area contributed by atoms with E-state index in [2.05, 4.69) is 22.3 Å². The van der Waals surface area contributed by atoms with Crippen LogP contribution in [0.5, 0.6) is 0 Å². The van der Waals surface area contributed by atoms with Gasteiger partial charge in [0.2, 0.25) is 0 Å². The summed E-state index contributed by atoms with van der Waals surface area (Å²) in [5, 5.41) is 9.92. The number of nitrogens with zero attached hydrogens (tertiary/aromatic N) is 2. The first-order valence-corrected chi connectivity index (χ1v) is 2.95. The van der Waals surface area contributed by atoms with E-state index in [9.17, 15) is 0 Å². The molecule has 2 heteroatoms. The standard InChI is InChI=1S/C7H6N2/c1-2-6-4-5-8-9-7(6)3-1/h2-5H,1H2. The quantitative estimate of drug-likeness (QED) is 0.456. The van der Waals surface area contributed by atoms with Gasteiger partial charge in [0.05, 0.1) is 11.5 Å². The van der Waals surface area contributed by atoms with Gasteiger partial charge in [-0.1, -0.05) is 12.2 Å². The second-order valence-corrected chi connectivity index (χ2v) is 2.02. The maximum absolute atomic E-state index is 3.92. The summed E-state index contributed by atoms with van der Waals surface area (Å²) in [7, 11) is 0. The maximum atomic E-state index is 3.92. The summed E-state index contributed by atoms with van der Waals surface area (Å²) < 4.78 is 0. The Balaban J connectivity index is 2.97. The summed E-state index contributed by atoms with van der Waals surface area (Å²) in [6.45, 7) is 0. The molecule has 0 saturated carbocycles. The van der Waals surface area contributed by atoms with E-state index in [1.165, 1.54) is 5.22 Å². The molecule has 1 aromatic heterocycles. The van der Waals surface area contributed by atoms with Gasteiger partial charge in [-0.15, -0.1) is 0 Å². The SMILES string of the molecule is C1=c2ccnnc2=CC1. The molecule has 0 bridgehead atoms. The molecule has 0 fully saturated rings. The number of hydrogen-bond acceptors (Lipinski definition) is 2. The molecule has 44 valence electrons. The van der Waals surface area contributed by atoms with E-state index in [1.807, 2.05) is 6.07 Å². The molecule has 1 aliphatic rings. The van der Waals surface area contributed by atoms with Crippen LogP contribution in [-0.2, 0) is 0 Å². The summed E-state index contributed by atoms with van der Waals surface area (Å²) >= 11 is 0. The van der Waals surface area contributed by atoms with Crippen molar-refractivity contribution in [2.45, 2.75) is 6.42 Å². The third-order valence-corrected chi connectivity index (χ3v) is 1.43. The smallest absolute Gasteiger partial charge is 0.0889 e. The van der Waals surface area contributed by atoms with E-state index in [4.69, 9.17) is 0 Å². The van der Waals surface area contributed by atoms with Crippen molar-refractivity contribution >= 4 is 12.2 Å². The lowest BCUT2D eigenvalue weighted by Gasteiger charge is -1.77. The molecule has 0 N–H and O–H groups in total. The zero-order valence-corrected chi connectivity index (χ0v) is 4.91. The van der Waals surface area contributed by atoms with Crippen LogP contribution < -0.4 is 10.6 Å². The van der Waals surface area contributed by atoms with Gasteiger partial charge in [-0.2, -0.15) is 10.2 Å². The Morgan fingerprint density at radius 1 is 1.33 bits per heavy atom. The Hall–Kier alpha value is -1.18. The lowest BCUT2D eigenvalue weighted by Crippen LogP contribution is -2.25. The van der Waals surface area contributed by atoms with E-state index < -0.39 is 0 Å². The first-order valence-electron chi connectivity index (χ1n) is 2.95. The van der Waals surface area contributed by atoms with Crippen LogP contribution in [0.25, 0.3) is 12.2 Å². The average Bonchev–Trinajstić information content (AvgIpc) is 2.33. The van der Waals surface area contributed by atoms with Crippen LogP contribution in [0.1, 0.15) is 6.42 Å². The average molecular weight is 118 g/mol. The van der Waals surface area contributed by atoms with Crippen molar-refractivity contribution in [2.24, 2.45) is 0 Å². The van der Waals surface area contributed by atoms with Gasteiger partial charge in [-0.3, -0.25) is 0 Å². The van der Waals surface area contributed by atoms with E-state index in [1.54, 1.807) is 6.20 Å². The van der Waals surface area contributed by atoms with Crippen LogP contribution in [-0.4, -0.2) is 10.2 Å². The van der Waals surface area contributed by atoms with Crippen LogP contribution >= 0.6 is 0 Å². The highest BCUT2D eigenvalue weighted by atomic mass is 15.1. The van der Waals surface area contributed by atoms with E-state index in [0.29, 0.717) is 0 Å². The van der Waals surface area contributed by atoms with Crippen LogP contribution in [0.2, 0.25) is 0 Å². The Morgan fingerprint density at radius 3 is 3.22 bits per heavy atom. The molecule has 1 aliphatic carbocycles. The lowest BCUT2D eigenvalue weighted by molar-refractivity contribution is 0.984. The molecule has 0 atom stereocenters. The monoisotopic (exact) mass is 118 g/mol. The second kappa shape index (κ2) is 1.65. The van der Waals surface area contributed by atoms with Gasteiger partial charge in [0.15, 0.2) is 0 Å². The third kappa shape index (κ3) is 0.633. The van der Waals surface area contributed by atoms with Crippen molar-refractivity contribution in [3.8, 4) is 0 Å². The Kier molecular flexibility index (Phi) is 0.859. The summed E-state index contributed by atoms with van der Waals surface area (Å²) in [6, 6.07) is 1.98. The van der Waals surface area contributed by atoms with Crippen LogP contribution in [0.15, 0.2) is 12.3 Å². The fourth-order valence-electron chi connectivity index (χ4n) is 0.981. The van der Waals surface area contributed by atoms with Crippen molar-refractivity contribution in [1.82, 2.24) is 10.2 Å². The molecule has 2 nitrogen and oxygen atoms in total. The second-order valence-electron chi connectivity index (χ2n) is 2.02. The number of hydrogen-bond donors (Lipinski definition) is 0. The molecular weight excluding hydrogens is 112 g/mol. The Labute approximate surface area is 52.5 Å². The molecule has 0 unspecified atom stereocenters. The van der Waals surface area contributed by atoms with Gasteiger partial charge >= 0.3 is 0 Å². The molecule has 1 heterocycles. The zero-order chi connectivity index (χ0) is 6.10. The molecule has 2 rings (SSSR count). The fraction of sp³-hybridized carbons (Fsp3) is 0.143. The number of aromatic nitrogens is 2. The summed E-state index contributed by atoms with van der Waals surface area (Å²) in [4.78, 5) is 0. The van der Waals surface area contributed by atoms with Crippen molar-refractivity contribution in [3.05, 3.63) is 22.8 Å². The fourth-order valence-corrected chi connectivity index (χ4v) is 0.981. The molecule has 1 aromatic rings. The molecule has 0 aromatic carbocycles. The molecule has 0 aliphatic heterocycles. The minimum Gasteiger partial charge on any atom is -0.159 e. The molecule has 0 saturated heterocycles. The van der Waals surface area contributed by atoms with Gasteiger partial charge in [-0.05, 0) is 17.7 Å². The normalized spacial score (nSPS) is 13.8. The molecular formula is C7H6N2. The predicted molar refractivity (Wildman–Crippen MR) is 34.8 cm³/mol. The lowest BCUT2D eigenvalue weighted by atomic mass is 10.4. The van der Waals surface area contributed by atoms with E-state index in [-0.39, 0.29) is 0 Å². The van der Waals surface area contributed by atoms with Gasteiger partial charge < -0.3 is 0 Å². The minimum absolute atomic E-state index is 1.01. The summed E-state index contributed by atoms with van der Waals surface area (Å²) in [5.74, 6) is 0. The van der Waals surface area contributed by atoms with Crippen molar-refractivity contribution in [1.29, 1.82) is 0 Å². The summed E-state index contributed by atoms with van der Waals surface area (Å²) in [5.41, 5.74) is 0. The molecule has 0 spiro atoms. The summed E-state index contributed by atoms with van der Waals surface area (Å²) in [6.07, 6.45) is 6.94. The minimum atomic E-state index is 1.01. The third-order valence-electron chi connectivity index (χ3n) is 1.43. The number of rotatable bonds is 0. The van der Waals surface area contributed by atoms with E-state index >= 15 is 0 Å². The Bertz CT molecular complexity index is 294. The first-order chi connectivity index (χ1) is 4.47. The van der Waals surface area contributed by atoms with Crippen LogP contribution in [0.3, 0.4) is 0 Å². The largest absolute Gasteiger partial charge is 0.159 e. The number of fused-ring (bicyclic) bond motifs is 1. The van der Waals surface area contributed by atoms with Gasteiger partial charge in [0, 0.05) is 0 Å². The highest BCUT2D eigenvalue weighted by molar-refractivity contribution is 5.43. The van der Waals surface area contributed by atoms with Crippen LogP contribution in [0.4, 0.5) is 0 Å². The van der Waals surface area contributed by atoms with Crippen molar-refractivity contribution in [3.63, 3.8) is 0 Å². The van der Waals surface area contributed by atoms with E-state index in [0.717, 1.165) is 11.8 Å². The first kappa shape index (κ1) is 4.68. The van der Waals surface area contributed by atoms with Crippen molar-refractivity contribution in [2.75, 3.05) is 0 Å². The molecule has 0 amide bonds. The highest BCUT2D eigenvalue weighted by Crippen LogP contribution is 1.84. The molecule has 9 heavy (non-hydrogen) atoms. The van der Waals surface area contributed by atoms with Gasteiger partial charge in [0.25, 0.3) is 0 Å². The topological polar surface area (TPSA) is 25.8 Å². The maximum Gasteiger partial charge on any atom is 0.0889 e. The van der Waals surface area contributed by atoms with Crippen molar-refractivity contribution < 1.29 is 0 Å².